The van der Waals surface area contributed by atoms with Crippen LogP contribution in [0, 0.1) is 5.92 Å². The molecule has 2 fully saturated rings. The van der Waals surface area contributed by atoms with Gasteiger partial charge in [0.25, 0.3) is 0 Å². The van der Waals surface area contributed by atoms with E-state index in [1.54, 1.807) is 0 Å². The molecule has 0 spiro atoms. The summed E-state index contributed by atoms with van der Waals surface area (Å²) in [5.41, 5.74) is 0. The molecule has 1 saturated heterocycles. The maximum Gasteiger partial charge on any atom is 0.0702 e. The van der Waals surface area contributed by atoms with Crippen LogP contribution in [-0.4, -0.2) is 50.3 Å². The molecule has 1 aliphatic carbocycles. The minimum Gasteiger partial charge on any atom is -0.377 e. The fourth-order valence-electron chi connectivity index (χ4n) is 2.69. The van der Waals surface area contributed by atoms with Crippen LogP contribution in [0.1, 0.15) is 32.6 Å². The highest BCUT2D eigenvalue weighted by molar-refractivity contribution is 4.88. The Balaban J connectivity index is 1.68. The summed E-state index contributed by atoms with van der Waals surface area (Å²) in [7, 11) is 2.23. The third kappa shape index (κ3) is 3.72. The third-order valence-corrected chi connectivity index (χ3v) is 3.71. The Hall–Kier alpha value is -0.120. The summed E-state index contributed by atoms with van der Waals surface area (Å²) in [5.74, 6) is 0.937. The Labute approximate surface area is 99.5 Å². The van der Waals surface area contributed by atoms with E-state index >= 15 is 0 Å². The number of rotatable bonds is 7. The molecule has 2 atom stereocenters. The Morgan fingerprint density at radius 2 is 2.19 bits per heavy atom. The maximum absolute atomic E-state index is 5.68. The van der Waals surface area contributed by atoms with Crippen LogP contribution in [0.3, 0.4) is 0 Å². The summed E-state index contributed by atoms with van der Waals surface area (Å²) < 4.78 is 5.68. The minimum atomic E-state index is 0.492. The highest BCUT2D eigenvalue weighted by Gasteiger charge is 2.31. The molecule has 1 N–H and O–H groups in total. The first-order valence-electron chi connectivity index (χ1n) is 6.83. The summed E-state index contributed by atoms with van der Waals surface area (Å²) >= 11 is 0. The molecule has 0 aromatic heterocycles. The van der Waals surface area contributed by atoms with E-state index in [1.807, 2.05) is 0 Å². The predicted octanol–water partition coefficient (Wildman–Crippen LogP) is 1.49. The minimum absolute atomic E-state index is 0.492. The van der Waals surface area contributed by atoms with E-state index in [2.05, 4.69) is 24.2 Å². The first kappa shape index (κ1) is 12.3. The van der Waals surface area contributed by atoms with E-state index in [9.17, 15) is 0 Å². The fourth-order valence-corrected chi connectivity index (χ4v) is 2.69. The van der Waals surface area contributed by atoms with Gasteiger partial charge in [0, 0.05) is 25.7 Å². The first-order chi connectivity index (χ1) is 7.79. The van der Waals surface area contributed by atoms with Gasteiger partial charge < -0.3 is 15.0 Å². The zero-order valence-electron chi connectivity index (χ0n) is 10.7. The molecule has 0 aromatic carbocycles. The zero-order valence-corrected chi connectivity index (χ0v) is 10.7. The molecular weight excluding hydrogens is 200 g/mol. The summed E-state index contributed by atoms with van der Waals surface area (Å²) in [5, 5.41) is 3.62. The summed E-state index contributed by atoms with van der Waals surface area (Å²) in [4.78, 5) is 2.45. The van der Waals surface area contributed by atoms with E-state index in [-0.39, 0.29) is 0 Å². The third-order valence-electron chi connectivity index (χ3n) is 3.71. The number of hydrogen-bond acceptors (Lipinski definition) is 3. The summed E-state index contributed by atoms with van der Waals surface area (Å²) in [6, 6.07) is 0.705. The molecule has 0 amide bonds. The quantitative estimate of drug-likeness (QED) is 0.712. The monoisotopic (exact) mass is 226 g/mol. The number of nitrogens with zero attached hydrogens (tertiary/aromatic N) is 1. The molecule has 94 valence electrons. The van der Waals surface area contributed by atoms with E-state index in [0.29, 0.717) is 12.1 Å². The number of likely N-dealkylation sites (N-methyl/N-ethyl adjacent to an activating group) is 2. The van der Waals surface area contributed by atoms with Crippen LogP contribution >= 0.6 is 0 Å². The largest absolute Gasteiger partial charge is 0.377 e. The van der Waals surface area contributed by atoms with Crippen molar-refractivity contribution in [1.82, 2.24) is 10.2 Å². The lowest BCUT2D eigenvalue weighted by molar-refractivity contribution is 0.0777. The topological polar surface area (TPSA) is 24.5 Å². The molecule has 2 unspecified atom stereocenters. The molecule has 2 rings (SSSR count). The van der Waals surface area contributed by atoms with Crippen molar-refractivity contribution in [3.63, 3.8) is 0 Å². The van der Waals surface area contributed by atoms with Crippen molar-refractivity contribution >= 4 is 0 Å². The normalized spacial score (nSPS) is 27.6. The van der Waals surface area contributed by atoms with Gasteiger partial charge in [0.05, 0.1) is 6.10 Å². The van der Waals surface area contributed by atoms with Gasteiger partial charge >= 0.3 is 0 Å². The van der Waals surface area contributed by atoms with Gasteiger partial charge in [0.2, 0.25) is 0 Å². The van der Waals surface area contributed by atoms with Crippen molar-refractivity contribution in [1.29, 1.82) is 0 Å². The second-order valence-electron chi connectivity index (χ2n) is 5.36. The Morgan fingerprint density at radius 3 is 2.75 bits per heavy atom. The van der Waals surface area contributed by atoms with Gasteiger partial charge in [-0.05, 0) is 45.2 Å². The first-order valence-corrected chi connectivity index (χ1v) is 6.83. The van der Waals surface area contributed by atoms with Gasteiger partial charge in [-0.25, -0.2) is 0 Å². The van der Waals surface area contributed by atoms with E-state index in [0.717, 1.165) is 25.6 Å². The Bertz CT molecular complexity index is 200. The molecule has 3 nitrogen and oxygen atoms in total. The van der Waals surface area contributed by atoms with Crippen molar-refractivity contribution in [2.45, 2.75) is 44.8 Å². The Kier molecular flexibility index (Phi) is 4.62. The molecule has 0 aromatic rings. The molecule has 1 aliphatic heterocycles. The molecule has 1 heterocycles. The average Bonchev–Trinajstić information content (AvgIpc) is 2.98. The fraction of sp³-hybridized carbons (Fsp3) is 1.00. The standard InChI is InChI=1S/C13H26N2O/c1-3-14-13(11-6-7-11)10-15(2)9-12-5-4-8-16-12/h11-14H,3-10H2,1-2H3. The van der Waals surface area contributed by atoms with Crippen LogP contribution in [0.5, 0.6) is 0 Å². The highest BCUT2D eigenvalue weighted by Crippen LogP contribution is 2.32. The van der Waals surface area contributed by atoms with Crippen LogP contribution < -0.4 is 5.32 Å². The van der Waals surface area contributed by atoms with Gasteiger partial charge in [-0.15, -0.1) is 0 Å². The van der Waals surface area contributed by atoms with Crippen LogP contribution in [-0.2, 0) is 4.74 Å². The van der Waals surface area contributed by atoms with Crippen LogP contribution in [0.2, 0.25) is 0 Å². The molecule has 0 bridgehead atoms. The van der Waals surface area contributed by atoms with Gasteiger partial charge in [-0.2, -0.15) is 0 Å². The number of nitrogens with one attached hydrogen (secondary N) is 1. The molecule has 0 radical (unpaired) electrons. The molecule has 2 aliphatic rings. The van der Waals surface area contributed by atoms with Gasteiger partial charge in [0.15, 0.2) is 0 Å². The SMILES string of the molecule is CCNC(CN(C)CC1CCCO1)C1CC1. The lowest BCUT2D eigenvalue weighted by Gasteiger charge is -2.26. The van der Waals surface area contributed by atoms with Crippen molar-refractivity contribution < 1.29 is 4.74 Å². The van der Waals surface area contributed by atoms with Crippen LogP contribution in [0.15, 0.2) is 0 Å². The molecule has 1 saturated carbocycles. The molecular formula is C13H26N2O. The molecule has 16 heavy (non-hydrogen) atoms. The van der Waals surface area contributed by atoms with Gasteiger partial charge in [-0.1, -0.05) is 6.92 Å². The van der Waals surface area contributed by atoms with Crippen molar-refractivity contribution in [3.05, 3.63) is 0 Å². The van der Waals surface area contributed by atoms with Crippen molar-refractivity contribution in [2.75, 3.05) is 33.3 Å². The second kappa shape index (κ2) is 5.99. The maximum atomic E-state index is 5.68. The van der Waals surface area contributed by atoms with Gasteiger partial charge in [-0.3, -0.25) is 0 Å². The molecule has 3 heteroatoms. The van der Waals surface area contributed by atoms with E-state index in [1.165, 1.54) is 32.2 Å². The van der Waals surface area contributed by atoms with Gasteiger partial charge in [0.1, 0.15) is 0 Å². The van der Waals surface area contributed by atoms with Crippen molar-refractivity contribution in [2.24, 2.45) is 5.92 Å². The van der Waals surface area contributed by atoms with Crippen LogP contribution in [0.4, 0.5) is 0 Å². The smallest absolute Gasteiger partial charge is 0.0702 e. The predicted molar refractivity (Wildman–Crippen MR) is 66.7 cm³/mol. The summed E-state index contributed by atoms with van der Waals surface area (Å²) in [6.07, 6.45) is 5.83. The second-order valence-corrected chi connectivity index (χ2v) is 5.36. The van der Waals surface area contributed by atoms with Crippen LogP contribution in [0.25, 0.3) is 0 Å². The van der Waals surface area contributed by atoms with E-state index in [4.69, 9.17) is 4.74 Å². The zero-order chi connectivity index (χ0) is 11.4. The van der Waals surface area contributed by atoms with Crippen molar-refractivity contribution in [3.8, 4) is 0 Å². The summed E-state index contributed by atoms with van der Waals surface area (Å²) in [6.45, 7) is 6.55. The Morgan fingerprint density at radius 1 is 1.38 bits per heavy atom. The number of hydrogen-bond donors (Lipinski definition) is 1. The average molecular weight is 226 g/mol. The number of ether oxygens (including phenoxy) is 1. The lowest BCUT2D eigenvalue weighted by Crippen LogP contribution is -2.43. The van der Waals surface area contributed by atoms with E-state index < -0.39 is 0 Å². The highest BCUT2D eigenvalue weighted by atomic mass is 16.5. The lowest BCUT2D eigenvalue weighted by atomic mass is 10.1.